The number of nitrogens with two attached hydrogens (primary N) is 1. The highest BCUT2D eigenvalue weighted by molar-refractivity contribution is 6.07. The highest BCUT2D eigenvalue weighted by Gasteiger charge is 2.46. The molecular weight excluding hydrogens is 242 g/mol. The van der Waals surface area contributed by atoms with Crippen molar-refractivity contribution in [2.45, 2.75) is 64.3 Å². The first-order valence-electron chi connectivity index (χ1n) is 7.41. The Morgan fingerprint density at radius 3 is 2.58 bits per heavy atom. The lowest BCUT2D eigenvalue weighted by atomic mass is 9.83. The van der Waals surface area contributed by atoms with Gasteiger partial charge in [0.2, 0.25) is 5.91 Å². The van der Waals surface area contributed by atoms with Crippen LogP contribution in [0.5, 0.6) is 0 Å². The van der Waals surface area contributed by atoms with Crippen molar-refractivity contribution in [2.24, 2.45) is 22.2 Å². The highest BCUT2D eigenvalue weighted by atomic mass is 16.4. The molecule has 4 N–H and O–H groups in total. The second-order valence-corrected chi connectivity index (χ2v) is 6.03. The van der Waals surface area contributed by atoms with Gasteiger partial charge in [0.15, 0.2) is 5.84 Å². The van der Waals surface area contributed by atoms with Crippen molar-refractivity contribution < 1.29 is 10.0 Å². The van der Waals surface area contributed by atoms with Crippen molar-refractivity contribution >= 4 is 11.7 Å². The molecule has 0 heterocycles. The molecule has 2 aliphatic rings. The fourth-order valence-corrected chi connectivity index (χ4v) is 3.08. The lowest BCUT2D eigenvalue weighted by Crippen LogP contribution is -2.51. The lowest BCUT2D eigenvalue weighted by molar-refractivity contribution is -0.128. The van der Waals surface area contributed by atoms with E-state index in [9.17, 15) is 4.79 Å². The van der Waals surface area contributed by atoms with Crippen LogP contribution in [0.3, 0.4) is 0 Å². The monoisotopic (exact) mass is 267 g/mol. The van der Waals surface area contributed by atoms with Crippen molar-refractivity contribution in [2.75, 3.05) is 0 Å². The summed E-state index contributed by atoms with van der Waals surface area (Å²) in [5.41, 5.74) is 5.01. The molecule has 2 fully saturated rings. The third kappa shape index (κ3) is 3.01. The summed E-state index contributed by atoms with van der Waals surface area (Å²) in [6, 6.07) is 0.226. The summed E-state index contributed by atoms with van der Waals surface area (Å²) in [6.07, 6.45) is 7.88. The number of carbonyl (C=O) groups is 1. The molecule has 0 aromatic rings. The molecule has 0 aromatic carbocycles. The van der Waals surface area contributed by atoms with Crippen LogP contribution in [0.2, 0.25) is 0 Å². The summed E-state index contributed by atoms with van der Waals surface area (Å²) in [6.45, 7) is 2.10. The van der Waals surface area contributed by atoms with Gasteiger partial charge in [-0.15, -0.1) is 0 Å². The number of oxime groups is 1. The molecule has 1 atom stereocenters. The summed E-state index contributed by atoms with van der Waals surface area (Å²) in [4.78, 5) is 12.6. The number of nitrogens with zero attached hydrogens (tertiary/aromatic N) is 1. The average Bonchev–Trinajstić information content (AvgIpc) is 3.09. The molecule has 2 rings (SSSR count). The van der Waals surface area contributed by atoms with Gasteiger partial charge in [0, 0.05) is 6.04 Å². The maximum absolute atomic E-state index is 12.6. The minimum Gasteiger partial charge on any atom is -0.409 e. The van der Waals surface area contributed by atoms with Crippen molar-refractivity contribution in [1.82, 2.24) is 5.32 Å². The van der Waals surface area contributed by atoms with Crippen LogP contribution in [0.25, 0.3) is 0 Å². The largest absolute Gasteiger partial charge is 0.409 e. The molecule has 0 aliphatic heterocycles. The minimum absolute atomic E-state index is 0.0483. The van der Waals surface area contributed by atoms with E-state index in [1.54, 1.807) is 0 Å². The number of amidine groups is 1. The fraction of sp³-hybridized carbons (Fsp3) is 0.857. The molecule has 0 saturated heterocycles. The van der Waals surface area contributed by atoms with Gasteiger partial charge in [0.25, 0.3) is 0 Å². The number of amides is 1. The smallest absolute Gasteiger partial charge is 0.234 e. The van der Waals surface area contributed by atoms with Crippen LogP contribution in [-0.4, -0.2) is 23.0 Å². The van der Waals surface area contributed by atoms with Crippen LogP contribution >= 0.6 is 0 Å². The summed E-state index contributed by atoms with van der Waals surface area (Å²) in [7, 11) is 0. The average molecular weight is 267 g/mol. The Balaban J connectivity index is 2.02. The van der Waals surface area contributed by atoms with E-state index in [1.165, 1.54) is 12.8 Å². The van der Waals surface area contributed by atoms with E-state index in [-0.39, 0.29) is 17.8 Å². The van der Waals surface area contributed by atoms with Gasteiger partial charge in [-0.2, -0.15) is 0 Å². The molecule has 1 unspecified atom stereocenters. The topological polar surface area (TPSA) is 87.7 Å². The molecule has 0 aromatic heterocycles. The van der Waals surface area contributed by atoms with E-state index in [0.717, 1.165) is 31.6 Å². The number of nitrogens with one attached hydrogen (secondary N) is 1. The molecule has 0 spiro atoms. The second-order valence-electron chi connectivity index (χ2n) is 6.03. The zero-order valence-electron chi connectivity index (χ0n) is 11.7. The van der Waals surface area contributed by atoms with Gasteiger partial charge < -0.3 is 16.3 Å². The molecule has 0 bridgehead atoms. The zero-order valence-corrected chi connectivity index (χ0v) is 11.7. The van der Waals surface area contributed by atoms with E-state index < -0.39 is 5.41 Å². The third-order valence-electron chi connectivity index (χ3n) is 4.63. The summed E-state index contributed by atoms with van der Waals surface area (Å²) < 4.78 is 0. The Bertz CT molecular complexity index is 358. The van der Waals surface area contributed by atoms with E-state index >= 15 is 0 Å². The summed E-state index contributed by atoms with van der Waals surface area (Å²) in [5.74, 6) is 0.810. The molecule has 2 aliphatic carbocycles. The van der Waals surface area contributed by atoms with Crippen molar-refractivity contribution in [3.8, 4) is 0 Å². The standard InChI is InChI=1S/C14H25N3O2/c1-2-11(9-10-5-6-10)16-13(18)14(12(15)17-19)7-3-4-8-14/h10-11,19H,2-9H2,1H3,(H2,15,17)(H,16,18). The van der Waals surface area contributed by atoms with Gasteiger partial charge in [-0.3, -0.25) is 4.79 Å². The first-order valence-corrected chi connectivity index (χ1v) is 7.41. The van der Waals surface area contributed by atoms with Crippen LogP contribution in [0, 0.1) is 11.3 Å². The fourth-order valence-electron chi connectivity index (χ4n) is 3.08. The van der Waals surface area contributed by atoms with Crippen molar-refractivity contribution in [3.05, 3.63) is 0 Å². The van der Waals surface area contributed by atoms with Crippen LogP contribution in [0.4, 0.5) is 0 Å². The Morgan fingerprint density at radius 2 is 2.11 bits per heavy atom. The first-order chi connectivity index (χ1) is 9.12. The SMILES string of the molecule is CCC(CC1CC1)NC(=O)C1(C(N)=NO)CCCC1. The van der Waals surface area contributed by atoms with Crippen LogP contribution in [0.1, 0.15) is 58.3 Å². The summed E-state index contributed by atoms with van der Waals surface area (Å²) in [5, 5.41) is 15.2. The normalized spacial score (nSPS) is 24.2. The molecule has 5 nitrogen and oxygen atoms in total. The zero-order chi connectivity index (χ0) is 13.9. The quantitative estimate of drug-likeness (QED) is 0.297. The van der Waals surface area contributed by atoms with Crippen molar-refractivity contribution in [1.29, 1.82) is 0 Å². The third-order valence-corrected chi connectivity index (χ3v) is 4.63. The van der Waals surface area contributed by atoms with Crippen LogP contribution < -0.4 is 11.1 Å². The number of carbonyl (C=O) groups excluding carboxylic acids is 1. The molecule has 2 saturated carbocycles. The van der Waals surface area contributed by atoms with Crippen molar-refractivity contribution in [3.63, 3.8) is 0 Å². The van der Waals surface area contributed by atoms with Crippen LogP contribution in [-0.2, 0) is 4.79 Å². The number of rotatable bonds is 6. The summed E-state index contributed by atoms with van der Waals surface area (Å²) >= 11 is 0. The molecule has 108 valence electrons. The molecule has 5 heteroatoms. The van der Waals surface area contributed by atoms with E-state index in [4.69, 9.17) is 10.9 Å². The maximum Gasteiger partial charge on any atom is 0.234 e. The Labute approximate surface area is 114 Å². The Hall–Kier alpha value is -1.26. The van der Waals surface area contributed by atoms with Crippen LogP contribution in [0.15, 0.2) is 5.16 Å². The minimum atomic E-state index is -0.772. The molecular formula is C14H25N3O2. The van der Waals surface area contributed by atoms with Gasteiger partial charge >= 0.3 is 0 Å². The lowest BCUT2D eigenvalue weighted by Gasteiger charge is -2.29. The molecule has 0 radical (unpaired) electrons. The second kappa shape index (κ2) is 5.80. The van der Waals surface area contributed by atoms with Gasteiger partial charge in [-0.05, 0) is 31.6 Å². The predicted molar refractivity (Wildman–Crippen MR) is 73.9 cm³/mol. The van der Waals surface area contributed by atoms with Gasteiger partial charge in [0.05, 0.1) is 0 Å². The maximum atomic E-state index is 12.6. The van der Waals surface area contributed by atoms with Gasteiger partial charge in [-0.25, -0.2) is 0 Å². The Kier molecular flexibility index (Phi) is 4.32. The van der Waals surface area contributed by atoms with Gasteiger partial charge in [-0.1, -0.05) is 37.8 Å². The number of hydrogen-bond donors (Lipinski definition) is 3. The molecule has 19 heavy (non-hydrogen) atoms. The predicted octanol–water partition coefficient (Wildman–Crippen LogP) is 1.99. The first kappa shape index (κ1) is 14.2. The Morgan fingerprint density at radius 1 is 1.47 bits per heavy atom. The van der Waals surface area contributed by atoms with Gasteiger partial charge in [0.1, 0.15) is 5.41 Å². The highest BCUT2D eigenvalue weighted by Crippen LogP contribution is 2.39. The van der Waals surface area contributed by atoms with E-state index in [1.807, 2.05) is 0 Å². The van der Waals surface area contributed by atoms with E-state index in [2.05, 4.69) is 17.4 Å². The number of hydrogen-bond acceptors (Lipinski definition) is 3. The molecule has 1 amide bonds. The van der Waals surface area contributed by atoms with E-state index in [0.29, 0.717) is 12.8 Å².